The molecular weight excluding hydrogens is 571 g/mol. The third kappa shape index (κ3) is 5.98. The molecule has 0 aliphatic carbocycles. The molecule has 0 bridgehead atoms. The number of piperidine rings is 1. The fourth-order valence-corrected chi connectivity index (χ4v) is 7.33. The highest BCUT2D eigenvalue weighted by atomic mass is 35.5. The fourth-order valence-electron chi connectivity index (χ4n) is 5.29. The summed E-state index contributed by atoms with van der Waals surface area (Å²) in [5, 5.41) is 9.21. The normalized spacial score (nSPS) is 17.1. The zero-order valence-corrected chi connectivity index (χ0v) is 24.0. The third-order valence-electron chi connectivity index (χ3n) is 7.35. The Balaban J connectivity index is 1.41. The van der Waals surface area contributed by atoms with Crippen LogP contribution >= 0.6 is 23.2 Å². The number of rotatable bonds is 8. The van der Waals surface area contributed by atoms with Crippen molar-refractivity contribution in [1.82, 2.24) is 16.0 Å². The highest BCUT2D eigenvalue weighted by molar-refractivity contribution is 7.92. The van der Waals surface area contributed by atoms with Crippen molar-refractivity contribution in [2.45, 2.75) is 30.2 Å². The van der Waals surface area contributed by atoms with Crippen LogP contribution in [-0.2, 0) is 19.6 Å². The number of nitrogens with one attached hydrogen (secondary N) is 3. The summed E-state index contributed by atoms with van der Waals surface area (Å²) in [7, 11) is -4.18. The highest BCUT2D eigenvalue weighted by Crippen LogP contribution is 2.48. The SMILES string of the molecule is O=C(CNC(=O)CC1c2ccccc2-c2ccccc2N1S(=O)(=O)c1ccc(Cl)c(Cl)c1)NCC1CCNCC1. The summed E-state index contributed by atoms with van der Waals surface area (Å²) in [5.41, 5.74) is 2.71. The third-order valence-corrected chi connectivity index (χ3v) is 9.91. The van der Waals surface area contributed by atoms with Crippen LogP contribution in [0.3, 0.4) is 0 Å². The van der Waals surface area contributed by atoms with Gasteiger partial charge in [0.05, 0.1) is 39.6 Å². The number of carbonyl (C=O) groups excluding carboxylic acids is 2. The quantitative estimate of drug-likeness (QED) is 0.352. The molecule has 2 amide bonds. The van der Waals surface area contributed by atoms with E-state index < -0.39 is 22.0 Å². The molecule has 3 N–H and O–H groups in total. The van der Waals surface area contributed by atoms with Crippen molar-refractivity contribution in [3.05, 3.63) is 82.3 Å². The molecule has 210 valence electrons. The van der Waals surface area contributed by atoms with E-state index in [-0.39, 0.29) is 33.8 Å². The lowest BCUT2D eigenvalue weighted by Crippen LogP contribution is -2.43. The maximum atomic E-state index is 14.1. The van der Waals surface area contributed by atoms with Crippen LogP contribution in [0.4, 0.5) is 5.69 Å². The van der Waals surface area contributed by atoms with Gasteiger partial charge in [0.2, 0.25) is 11.8 Å². The van der Waals surface area contributed by atoms with Gasteiger partial charge in [-0.15, -0.1) is 0 Å². The number of carbonyl (C=O) groups is 2. The lowest BCUT2D eigenvalue weighted by atomic mass is 9.88. The lowest BCUT2D eigenvalue weighted by Gasteiger charge is -2.39. The number of nitrogens with zero attached hydrogens (tertiary/aromatic N) is 1. The molecule has 3 aromatic rings. The van der Waals surface area contributed by atoms with Gasteiger partial charge in [0.1, 0.15) is 0 Å². The average Bonchev–Trinajstić information content (AvgIpc) is 2.97. The highest BCUT2D eigenvalue weighted by Gasteiger charge is 2.40. The average molecular weight is 602 g/mol. The van der Waals surface area contributed by atoms with E-state index in [9.17, 15) is 18.0 Å². The van der Waals surface area contributed by atoms with Crippen LogP contribution in [-0.4, -0.2) is 46.4 Å². The van der Waals surface area contributed by atoms with Crippen LogP contribution < -0.4 is 20.3 Å². The van der Waals surface area contributed by atoms with Crippen molar-refractivity contribution >= 4 is 50.7 Å². The van der Waals surface area contributed by atoms with E-state index in [0.29, 0.717) is 23.7 Å². The molecule has 11 heteroatoms. The molecule has 3 aromatic carbocycles. The summed E-state index contributed by atoms with van der Waals surface area (Å²) in [6, 6.07) is 17.9. The molecule has 0 spiro atoms. The Kier molecular flexibility index (Phi) is 8.65. The van der Waals surface area contributed by atoms with Gasteiger partial charge in [0.25, 0.3) is 10.0 Å². The van der Waals surface area contributed by atoms with Crippen LogP contribution in [0, 0.1) is 5.92 Å². The Morgan fingerprint density at radius 1 is 0.875 bits per heavy atom. The number of fused-ring (bicyclic) bond motifs is 3. The zero-order valence-electron chi connectivity index (χ0n) is 21.7. The zero-order chi connectivity index (χ0) is 28.3. The first kappa shape index (κ1) is 28.4. The van der Waals surface area contributed by atoms with Crippen molar-refractivity contribution in [3.63, 3.8) is 0 Å². The number of amides is 2. The summed E-state index contributed by atoms with van der Waals surface area (Å²) < 4.78 is 29.6. The Bertz CT molecular complexity index is 1530. The van der Waals surface area contributed by atoms with E-state index in [1.54, 1.807) is 12.1 Å². The van der Waals surface area contributed by atoms with Crippen LogP contribution in [0.2, 0.25) is 10.0 Å². The Hall–Kier alpha value is -3.11. The van der Waals surface area contributed by atoms with Crippen LogP contribution in [0.5, 0.6) is 0 Å². The van der Waals surface area contributed by atoms with Crippen molar-refractivity contribution in [2.24, 2.45) is 5.92 Å². The summed E-state index contributed by atoms with van der Waals surface area (Å²) in [6.07, 6.45) is 1.81. The molecule has 1 unspecified atom stereocenters. The van der Waals surface area contributed by atoms with Gasteiger partial charge in [-0.05, 0) is 67.2 Å². The number of halogens is 2. The molecule has 40 heavy (non-hydrogen) atoms. The molecule has 1 saturated heterocycles. The minimum Gasteiger partial charge on any atom is -0.354 e. The van der Waals surface area contributed by atoms with E-state index in [4.69, 9.17) is 23.2 Å². The van der Waals surface area contributed by atoms with Crippen molar-refractivity contribution in [1.29, 1.82) is 0 Å². The Morgan fingerprint density at radius 2 is 1.57 bits per heavy atom. The summed E-state index contributed by atoms with van der Waals surface area (Å²) in [4.78, 5) is 25.6. The maximum absolute atomic E-state index is 14.1. The van der Waals surface area contributed by atoms with Gasteiger partial charge in [0, 0.05) is 12.1 Å². The molecule has 2 aliphatic heterocycles. The summed E-state index contributed by atoms with van der Waals surface area (Å²) in [6.45, 7) is 2.25. The lowest BCUT2D eigenvalue weighted by molar-refractivity contribution is -0.126. The van der Waals surface area contributed by atoms with Crippen molar-refractivity contribution in [2.75, 3.05) is 30.5 Å². The Morgan fingerprint density at radius 3 is 2.33 bits per heavy atom. The van der Waals surface area contributed by atoms with Crippen molar-refractivity contribution < 1.29 is 18.0 Å². The smallest absolute Gasteiger partial charge is 0.264 e. The van der Waals surface area contributed by atoms with Gasteiger partial charge in [-0.2, -0.15) is 0 Å². The van der Waals surface area contributed by atoms with Gasteiger partial charge in [-0.25, -0.2) is 8.42 Å². The predicted molar refractivity (Wildman–Crippen MR) is 157 cm³/mol. The van der Waals surface area contributed by atoms with Gasteiger partial charge in [-0.1, -0.05) is 65.7 Å². The molecule has 2 aliphatic rings. The molecule has 0 aromatic heterocycles. The number of para-hydroxylation sites is 1. The second-order valence-corrected chi connectivity index (χ2v) is 12.6. The number of benzene rings is 3. The minimum absolute atomic E-state index is 0.0428. The van der Waals surface area contributed by atoms with E-state index >= 15 is 0 Å². The van der Waals surface area contributed by atoms with E-state index in [1.807, 2.05) is 36.4 Å². The number of hydrogen-bond acceptors (Lipinski definition) is 5. The van der Waals surface area contributed by atoms with E-state index in [0.717, 1.165) is 37.1 Å². The number of anilines is 1. The molecule has 2 heterocycles. The predicted octanol–water partition coefficient (Wildman–Crippen LogP) is 4.53. The molecule has 5 rings (SSSR count). The molecular formula is C29H30Cl2N4O4S. The fraction of sp³-hybridized carbons (Fsp3) is 0.310. The van der Waals surface area contributed by atoms with Crippen LogP contribution in [0.1, 0.15) is 30.9 Å². The van der Waals surface area contributed by atoms with Gasteiger partial charge in [-0.3, -0.25) is 13.9 Å². The van der Waals surface area contributed by atoms with Crippen LogP contribution in [0.15, 0.2) is 71.6 Å². The van der Waals surface area contributed by atoms with Gasteiger partial charge in [0.15, 0.2) is 0 Å². The monoisotopic (exact) mass is 600 g/mol. The molecule has 8 nitrogen and oxygen atoms in total. The first-order valence-corrected chi connectivity index (χ1v) is 15.4. The van der Waals surface area contributed by atoms with E-state index in [1.165, 1.54) is 22.5 Å². The van der Waals surface area contributed by atoms with Gasteiger partial charge < -0.3 is 16.0 Å². The molecule has 1 atom stereocenters. The number of hydrogen-bond donors (Lipinski definition) is 3. The summed E-state index contributed by atoms with van der Waals surface area (Å²) >= 11 is 12.2. The second-order valence-electron chi connectivity index (χ2n) is 9.98. The minimum atomic E-state index is -4.18. The van der Waals surface area contributed by atoms with E-state index in [2.05, 4.69) is 16.0 Å². The van der Waals surface area contributed by atoms with Crippen LogP contribution in [0.25, 0.3) is 11.1 Å². The number of sulfonamides is 1. The summed E-state index contributed by atoms with van der Waals surface area (Å²) in [5.74, 6) is -0.299. The second kappa shape index (κ2) is 12.2. The van der Waals surface area contributed by atoms with Crippen molar-refractivity contribution in [3.8, 4) is 11.1 Å². The first-order chi connectivity index (χ1) is 19.3. The Labute approximate surface area is 244 Å². The maximum Gasteiger partial charge on any atom is 0.264 e. The topological polar surface area (TPSA) is 108 Å². The molecule has 0 radical (unpaired) electrons. The first-order valence-electron chi connectivity index (χ1n) is 13.2. The molecule has 0 saturated carbocycles. The van der Waals surface area contributed by atoms with Gasteiger partial charge >= 0.3 is 0 Å². The molecule has 1 fully saturated rings. The largest absolute Gasteiger partial charge is 0.354 e. The standard InChI is InChI=1S/C29H30Cl2N4O4S/c30-24-10-9-20(15-25(24)31)40(38,39)35-26-8-4-3-6-22(26)21-5-1-2-7-23(21)27(35)16-28(36)34-18-29(37)33-17-19-11-13-32-14-12-19/h1-10,15,19,27,32H,11-14,16-18H2,(H,33,37)(H,34,36).